The Balaban J connectivity index is 2.19. The molecule has 0 unspecified atom stereocenters. The number of anilines is 1. The summed E-state index contributed by atoms with van der Waals surface area (Å²) in [5.41, 5.74) is 2.13. The minimum Gasteiger partial charge on any atom is -0.438 e. The number of rotatable bonds is 1. The SMILES string of the molecule is CC1(C)OC(=O)Nc2c(Br)cc(-c3ccc(F)c(C#N)c3)cc21. The molecule has 0 fully saturated rings. The van der Waals surface area contributed by atoms with Gasteiger partial charge in [0.15, 0.2) is 0 Å². The molecule has 2 aromatic carbocycles. The van der Waals surface area contributed by atoms with Crippen molar-refractivity contribution in [1.29, 1.82) is 5.26 Å². The highest BCUT2D eigenvalue weighted by Gasteiger charge is 2.35. The van der Waals surface area contributed by atoms with Crippen molar-refractivity contribution in [2.24, 2.45) is 0 Å². The Labute approximate surface area is 141 Å². The summed E-state index contributed by atoms with van der Waals surface area (Å²) in [4.78, 5) is 11.6. The maximum Gasteiger partial charge on any atom is 0.412 e. The Hall–Kier alpha value is -2.39. The zero-order valence-corrected chi connectivity index (χ0v) is 14.0. The van der Waals surface area contributed by atoms with E-state index in [0.717, 1.165) is 11.1 Å². The van der Waals surface area contributed by atoms with Gasteiger partial charge in [-0.15, -0.1) is 0 Å². The summed E-state index contributed by atoms with van der Waals surface area (Å²) in [5, 5.41) is 11.7. The van der Waals surface area contributed by atoms with E-state index in [4.69, 9.17) is 10.00 Å². The Bertz CT molecular complexity index is 872. The van der Waals surface area contributed by atoms with Crippen molar-refractivity contribution >= 4 is 27.7 Å². The maximum atomic E-state index is 13.5. The lowest BCUT2D eigenvalue weighted by Gasteiger charge is -2.33. The van der Waals surface area contributed by atoms with Gasteiger partial charge in [-0.2, -0.15) is 5.26 Å². The molecule has 2 aromatic rings. The van der Waals surface area contributed by atoms with Crippen LogP contribution in [0.25, 0.3) is 11.1 Å². The quantitative estimate of drug-likeness (QED) is 0.769. The summed E-state index contributed by atoms with van der Waals surface area (Å²) in [5.74, 6) is -0.552. The Morgan fingerprint density at radius 1 is 1.26 bits per heavy atom. The summed E-state index contributed by atoms with van der Waals surface area (Å²) in [6.45, 7) is 3.60. The Morgan fingerprint density at radius 3 is 2.70 bits per heavy atom. The van der Waals surface area contributed by atoms with Crippen LogP contribution in [0.4, 0.5) is 14.9 Å². The number of cyclic esters (lactones) is 1. The minimum atomic E-state index is -0.797. The number of benzene rings is 2. The van der Waals surface area contributed by atoms with Gasteiger partial charge in [-0.1, -0.05) is 6.07 Å². The van der Waals surface area contributed by atoms with Gasteiger partial charge in [0.2, 0.25) is 0 Å². The van der Waals surface area contributed by atoms with Gasteiger partial charge in [-0.25, -0.2) is 9.18 Å². The van der Waals surface area contributed by atoms with Crippen LogP contribution in [-0.4, -0.2) is 6.09 Å². The molecule has 3 rings (SSSR count). The third-order valence-electron chi connectivity index (χ3n) is 3.73. The van der Waals surface area contributed by atoms with Crippen LogP contribution in [0.1, 0.15) is 25.0 Å². The first-order valence-corrected chi connectivity index (χ1v) is 7.65. The lowest BCUT2D eigenvalue weighted by molar-refractivity contribution is 0.0420. The second-order valence-electron chi connectivity index (χ2n) is 5.71. The summed E-state index contributed by atoms with van der Waals surface area (Å²) in [6.07, 6.45) is -0.510. The minimum absolute atomic E-state index is 0.0137. The Kier molecular flexibility index (Phi) is 3.61. The van der Waals surface area contributed by atoms with E-state index in [0.29, 0.717) is 15.7 Å². The number of nitrogens with zero attached hydrogens (tertiary/aromatic N) is 1. The topological polar surface area (TPSA) is 62.1 Å². The standard InChI is InChI=1S/C17H12BrFN2O2/c1-17(2)12-6-10(7-13(18)15(12)21-16(22)23-17)9-3-4-14(19)11(5-9)8-20/h3-7H,1-2H3,(H,21,22). The third-order valence-corrected chi connectivity index (χ3v) is 4.36. The molecule has 0 atom stereocenters. The number of carbonyl (C=O) groups excluding carboxylic acids is 1. The Morgan fingerprint density at radius 2 is 2.00 bits per heavy atom. The van der Waals surface area contributed by atoms with Crippen molar-refractivity contribution in [3.63, 3.8) is 0 Å². The van der Waals surface area contributed by atoms with Crippen molar-refractivity contribution in [2.75, 3.05) is 5.32 Å². The van der Waals surface area contributed by atoms with Gasteiger partial charge in [0.05, 0.1) is 11.3 Å². The van der Waals surface area contributed by atoms with Crippen LogP contribution >= 0.6 is 15.9 Å². The number of amides is 1. The molecule has 4 nitrogen and oxygen atoms in total. The van der Waals surface area contributed by atoms with E-state index in [1.807, 2.05) is 18.2 Å². The highest BCUT2D eigenvalue weighted by atomic mass is 79.9. The van der Waals surface area contributed by atoms with E-state index in [2.05, 4.69) is 21.2 Å². The number of halogens is 2. The van der Waals surface area contributed by atoms with Crippen LogP contribution in [0.15, 0.2) is 34.8 Å². The van der Waals surface area contributed by atoms with Gasteiger partial charge in [-0.3, -0.25) is 5.32 Å². The van der Waals surface area contributed by atoms with Crippen LogP contribution < -0.4 is 5.32 Å². The number of fused-ring (bicyclic) bond motifs is 1. The highest BCUT2D eigenvalue weighted by Crippen LogP contribution is 2.42. The van der Waals surface area contributed by atoms with E-state index < -0.39 is 17.5 Å². The predicted molar refractivity (Wildman–Crippen MR) is 87.4 cm³/mol. The van der Waals surface area contributed by atoms with E-state index in [1.54, 1.807) is 19.9 Å². The molecule has 116 valence electrons. The normalized spacial score (nSPS) is 15.2. The van der Waals surface area contributed by atoms with Gasteiger partial charge in [0, 0.05) is 10.0 Å². The number of nitrogens with one attached hydrogen (secondary N) is 1. The first-order valence-electron chi connectivity index (χ1n) is 6.86. The summed E-state index contributed by atoms with van der Waals surface area (Å²) in [6, 6.07) is 9.90. The molecule has 1 aliphatic heterocycles. The molecule has 1 N–H and O–H groups in total. The fourth-order valence-electron chi connectivity index (χ4n) is 2.58. The molecule has 0 saturated carbocycles. The van der Waals surface area contributed by atoms with Crippen molar-refractivity contribution in [2.45, 2.75) is 19.4 Å². The molecular formula is C17H12BrFN2O2. The highest BCUT2D eigenvalue weighted by molar-refractivity contribution is 9.10. The summed E-state index contributed by atoms with van der Waals surface area (Å²) < 4.78 is 19.5. The van der Waals surface area contributed by atoms with Crippen molar-refractivity contribution < 1.29 is 13.9 Å². The van der Waals surface area contributed by atoms with Crippen LogP contribution in [0.2, 0.25) is 0 Å². The van der Waals surface area contributed by atoms with E-state index in [-0.39, 0.29) is 5.56 Å². The molecule has 1 amide bonds. The number of hydrogen-bond acceptors (Lipinski definition) is 3. The second-order valence-corrected chi connectivity index (χ2v) is 6.57. The molecule has 6 heteroatoms. The fraction of sp³-hybridized carbons (Fsp3) is 0.176. The molecular weight excluding hydrogens is 363 g/mol. The van der Waals surface area contributed by atoms with Gasteiger partial charge in [-0.05, 0) is 65.2 Å². The third kappa shape index (κ3) is 2.68. The largest absolute Gasteiger partial charge is 0.438 e. The lowest BCUT2D eigenvalue weighted by Crippen LogP contribution is -2.35. The van der Waals surface area contributed by atoms with Crippen LogP contribution in [0.3, 0.4) is 0 Å². The van der Waals surface area contributed by atoms with Crippen molar-refractivity contribution in [3.05, 3.63) is 51.7 Å². The number of nitriles is 1. The molecule has 0 saturated heterocycles. The predicted octanol–water partition coefficient (Wildman–Crippen LogP) is 4.92. The van der Waals surface area contributed by atoms with Crippen LogP contribution in [0.5, 0.6) is 0 Å². The molecule has 1 heterocycles. The molecule has 0 radical (unpaired) electrons. The first kappa shape index (κ1) is 15.5. The molecule has 23 heavy (non-hydrogen) atoms. The van der Waals surface area contributed by atoms with Gasteiger partial charge >= 0.3 is 6.09 Å². The average Bonchev–Trinajstić information content (AvgIpc) is 2.48. The van der Waals surface area contributed by atoms with E-state index in [1.165, 1.54) is 12.1 Å². The summed E-state index contributed by atoms with van der Waals surface area (Å²) >= 11 is 3.45. The average molecular weight is 375 g/mol. The molecule has 0 bridgehead atoms. The van der Waals surface area contributed by atoms with Crippen LogP contribution in [-0.2, 0) is 10.3 Å². The van der Waals surface area contributed by atoms with E-state index in [9.17, 15) is 9.18 Å². The summed E-state index contributed by atoms with van der Waals surface area (Å²) in [7, 11) is 0. The molecule has 0 aliphatic carbocycles. The van der Waals surface area contributed by atoms with Crippen molar-refractivity contribution in [3.8, 4) is 17.2 Å². The van der Waals surface area contributed by atoms with Crippen molar-refractivity contribution in [1.82, 2.24) is 0 Å². The number of carbonyl (C=O) groups is 1. The monoisotopic (exact) mass is 374 g/mol. The van der Waals surface area contributed by atoms with Crippen LogP contribution in [0, 0.1) is 17.1 Å². The van der Waals surface area contributed by atoms with Gasteiger partial charge in [0.25, 0.3) is 0 Å². The molecule has 0 spiro atoms. The van der Waals surface area contributed by atoms with E-state index >= 15 is 0 Å². The second kappa shape index (κ2) is 5.36. The first-order chi connectivity index (χ1) is 10.8. The fourth-order valence-corrected chi connectivity index (χ4v) is 3.14. The van der Waals surface area contributed by atoms with Gasteiger partial charge < -0.3 is 4.74 Å². The number of hydrogen-bond donors (Lipinski definition) is 1. The lowest BCUT2D eigenvalue weighted by atomic mass is 9.91. The zero-order chi connectivity index (χ0) is 16.8. The molecule has 0 aromatic heterocycles. The number of ether oxygens (including phenoxy) is 1. The smallest absolute Gasteiger partial charge is 0.412 e. The zero-order valence-electron chi connectivity index (χ0n) is 12.4. The van der Waals surface area contributed by atoms with Gasteiger partial charge in [0.1, 0.15) is 17.5 Å². The molecule has 1 aliphatic rings. The maximum absolute atomic E-state index is 13.5.